The second kappa shape index (κ2) is 8.21. The van der Waals surface area contributed by atoms with Crippen LogP contribution in [0, 0.1) is 11.7 Å². The number of hydrogen-bond acceptors (Lipinski definition) is 4. The molecule has 1 aromatic carbocycles. The predicted molar refractivity (Wildman–Crippen MR) is 83.6 cm³/mol. The first-order chi connectivity index (χ1) is 11.4. The maximum atomic E-state index is 13.1. The van der Waals surface area contributed by atoms with E-state index in [-0.39, 0.29) is 18.4 Å². The molecule has 0 bridgehead atoms. The molecule has 6 nitrogen and oxygen atoms in total. The molecule has 132 valence electrons. The molecule has 1 atom stereocenters. The van der Waals surface area contributed by atoms with E-state index in [1.165, 1.54) is 29.2 Å². The van der Waals surface area contributed by atoms with E-state index in [1.54, 1.807) is 13.8 Å². The van der Waals surface area contributed by atoms with Crippen molar-refractivity contribution in [1.82, 2.24) is 4.90 Å². The Bertz CT molecular complexity index is 569. The third kappa shape index (κ3) is 4.52. The molecular formula is C17H22FNO5. The molecule has 0 saturated carbocycles. The van der Waals surface area contributed by atoms with Crippen molar-refractivity contribution >= 4 is 11.9 Å². The van der Waals surface area contributed by atoms with Crippen LogP contribution in [0.2, 0.25) is 0 Å². The van der Waals surface area contributed by atoms with Gasteiger partial charge in [0.2, 0.25) is 5.91 Å². The fourth-order valence-electron chi connectivity index (χ4n) is 2.62. The summed E-state index contributed by atoms with van der Waals surface area (Å²) in [5, 5.41) is 9.64. The molecule has 24 heavy (non-hydrogen) atoms. The Hall–Kier alpha value is -1.99. The Kier molecular flexibility index (Phi) is 6.28. The van der Waals surface area contributed by atoms with Crippen molar-refractivity contribution in [3.8, 4) is 0 Å². The van der Waals surface area contributed by atoms with Crippen molar-refractivity contribution in [3.63, 3.8) is 0 Å². The van der Waals surface area contributed by atoms with Crippen molar-refractivity contribution in [2.45, 2.75) is 32.6 Å². The van der Waals surface area contributed by atoms with Crippen LogP contribution >= 0.6 is 0 Å². The summed E-state index contributed by atoms with van der Waals surface area (Å²) in [6.45, 7) is 4.57. The highest BCUT2D eigenvalue weighted by molar-refractivity contribution is 5.85. The number of hydrogen-bond donors (Lipinski definition) is 1. The summed E-state index contributed by atoms with van der Waals surface area (Å²) in [5.41, 5.74) is 0.353. The molecule has 1 saturated heterocycles. The molecule has 0 aliphatic carbocycles. The lowest BCUT2D eigenvalue weighted by molar-refractivity contribution is -0.153. The maximum absolute atomic E-state index is 13.1. The lowest BCUT2D eigenvalue weighted by Gasteiger charge is -2.31. The van der Waals surface area contributed by atoms with Crippen molar-refractivity contribution in [3.05, 3.63) is 35.6 Å². The van der Waals surface area contributed by atoms with E-state index in [1.807, 2.05) is 0 Å². The molecule has 1 N–H and O–H groups in total. The van der Waals surface area contributed by atoms with Gasteiger partial charge in [0.15, 0.2) is 12.3 Å². The van der Waals surface area contributed by atoms with Gasteiger partial charge in [-0.05, 0) is 17.7 Å². The fourth-order valence-corrected chi connectivity index (χ4v) is 2.62. The number of nitrogens with zero attached hydrogens (tertiary/aromatic N) is 1. The number of carbonyl (C=O) groups is 2. The van der Waals surface area contributed by atoms with Gasteiger partial charge in [-0.1, -0.05) is 26.0 Å². The van der Waals surface area contributed by atoms with Crippen LogP contribution in [0.5, 0.6) is 0 Å². The molecule has 7 heteroatoms. The second-order valence-corrected chi connectivity index (χ2v) is 5.94. The van der Waals surface area contributed by atoms with Gasteiger partial charge in [0.1, 0.15) is 5.82 Å². The average Bonchev–Trinajstić information content (AvgIpc) is 3.05. The zero-order chi connectivity index (χ0) is 17.7. The monoisotopic (exact) mass is 339 g/mol. The van der Waals surface area contributed by atoms with Gasteiger partial charge in [0.05, 0.1) is 13.2 Å². The molecule has 1 unspecified atom stereocenters. The summed E-state index contributed by atoms with van der Waals surface area (Å²) in [5.74, 6) is -2.27. The highest BCUT2D eigenvalue weighted by Gasteiger charge is 2.33. The summed E-state index contributed by atoms with van der Waals surface area (Å²) in [6, 6.07) is 3.97. The number of halogens is 1. The predicted octanol–water partition coefficient (Wildman–Crippen LogP) is 2.20. The van der Waals surface area contributed by atoms with E-state index in [9.17, 15) is 19.1 Å². The van der Waals surface area contributed by atoms with Crippen molar-refractivity contribution in [1.29, 1.82) is 0 Å². The van der Waals surface area contributed by atoms with E-state index in [0.717, 1.165) is 0 Å². The first-order valence-corrected chi connectivity index (χ1v) is 7.92. The van der Waals surface area contributed by atoms with E-state index >= 15 is 0 Å². The largest absolute Gasteiger partial charge is 0.479 e. The van der Waals surface area contributed by atoms with Crippen LogP contribution < -0.4 is 0 Å². The minimum atomic E-state index is -1.18. The van der Waals surface area contributed by atoms with Crippen LogP contribution in [-0.4, -0.2) is 47.9 Å². The molecule has 1 fully saturated rings. The van der Waals surface area contributed by atoms with Gasteiger partial charge >= 0.3 is 5.97 Å². The van der Waals surface area contributed by atoms with Crippen LogP contribution in [0.25, 0.3) is 0 Å². The van der Waals surface area contributed by atoms with Gasteiger partial charge in [-0.25, -0.2) is 9.18 Å². The van der Waals surface area contributed by atoms with E-state index < -0.39 is 24.1 Å². The van der Waals surface area contributed by atoms with Crippen LogP contribution in [0.15, 0.2) is 24.3 Å². The van der Waals surface area contributed by atoms with E-state index in [2.05, 4.69) is 0 Å². The van der Waals surface area contributed by atoms with Crippen LogP contribution in [0.1, 0.15) is 31.9 Å². The number of carbonyl (C=O) groups excluding carboxylic acids is 1. The number of amides is 1. The molecule has 1 aliphatic rings. The van der Waals surface area contributed by atoms with Crippen LogP contribution in [0.3, 0.4) is 0 Å². The van der Waals surface area contributed by atoms with Gasteiger partial charge in [-0.15, -0.1) is 0 Å². The quantitative estimate of drug-likeness (QED) is 0.824. The molecular weight excluding hydrogens is 317 g/mol. The summed E-state index contributed by atoms with van der Waals surface area (Å²) in [7, 11) is 0. The minimum absolute atomic E-state index is 0.177. The minimum Gasteiger partial charge on any atom is -0.479 e. The number of rotatable bonds is 7. The molecule has 1 heterocycles. The first kappa shape index (κ1) is 18.4. The lowest BCUT2D eigenvalue weighted by Crippen LogP contribution is -2.42. The maximum Gasteiger partial charge on any atom is 0.331 e. The normalized spacial score (nSPS) is 16.3. The SMILES string of the molecule is CC(C)C(=O)N(CCC1OCCO1)C(C(=O)O)c1ccc(F)cc1. The Morgan fingerprint density at radius 3 is 2.33 bits per heavy atom. The Labute approximate surface area is 140 Å². The van der Waals surface area contributed by atoms with E-state index in [4.69, 9.17) is 9.47 Å². The zero-order valence-corrected chi connectivity index (χ0v) is 13.8. The van der Waals surface area contributed by atoms with E-state index in [0.29, 0.717) is 25.2 Å². The Morgan fingerprint density at radius 1 is 1.25 bits per heavy atom. The van der Waals surface area contributed by atoms with Crippen LogP contribution in [-0.2, 0) is 19.1 Å². The first-order valence-electron chi connectivity index (χ1n) is 7.92. The topological polar surface area (TPSA) is 76.1 Å². The summed E-state index contributed by atoms with van der Waals surface area (Å²) >= 11 is 0. The standard InChI is InChI=1S/C17H22FNO5/c1-11(2)16(20)19(8-7-14-23-9-10-24-14)15(17(21)22)12-3-5-13(18)6-4-12/h3-6,11,14-15H,7-10H2,1-2H3,(H,21,22). The molecule has 1 aromatic rings. The molecule has 0 radical (unpaired) electrons. The van der Waals surface area contributed by atoms with Crippen molar-refractivity contribution in [2.24, 2.45) is 5.92 Å². The van der Waals surface area contributed by atoms with Crippen molar-refractivity contribution in [2.75, 3.05) is 19.8 Å². The van der Waals surface area contributed by atoms with Gasteiger partial charge in [0, 0.05) is 18.9 Å². The second-order valence-electron chi connectivity index (χ2n) is 5.94. The van der Waals surface area contributed by atoms with Gasteiger partial charge in [-0.3, -0.25) is 4.79 Å². The zero-order valence-electron chi connectivity index (χ0n) is 13.8. The summed E-state index contributed by atoms with van der Waals surface area (Å²) in [6.07, 6.45) is -0.0567. The third-order valence-electron chi connectivity index (χ3n) is 3.80. The lowest BCUT2D eigenvalue weighted by atomic mass is 10.0. The van der Waals surface area contributed by atoms with Gasteiger partial charge in [-0.2, -0.15) is 0 Å². The average molecular weight is 339 g/mol. The molecule has 1 aliphatic heterocycles. The van der Waals surface area contributed by atoms with Crippen LogP contribution in [0.4, 0.5) is 4.39 Å². The molecule has 0 aromatic heterocycles. The molecule has 2 rings (SSSR count). The number of carboxylic acid groups (broad SMARTS) is 1. The number of carboxylic acids is 1. The summed E-state index contributed by atoms with van der Waals surface area (Å²) in [4.78, 5) is 25.6. The Balaban J connectivity index is 2.24. The number of ether oxygens (including phenoxy) is 2. The highest BCUT2D eigenvalue weighted by atomic mass is 19.1. The van der Waals surface area contributed by atoms with Crippen molar-refractivity contribution < 1.29 is 28.6 Å². The number of benzene rings is 1. The molecule has 1 amide bonds. The third-order valence-corrected chi connectivity index (χ3v) is 3.80. The summed E-state index contributed by atoms with van der Waals surface area (Å²) < 4.78 is 23.8. The highest BCUT2D eigenvalue weighted by Crippen LogP contribution is 2.25. The number of aliphatic carboxylic acids is 1. The van der Waals surface area contributed by atoms with Gasteiger partial charge < -0.3 is 19.5 Å². The fraction of sp³-hybridized carbons (Fsp3) is 0.529. The van der Waals surface area contributed by atoms with Gasteiger partial charge in [0.25, 0.3) is 0 Å². The smallest absolute Gasteiger partial charge is 0.331 e. The molecule has 0 spiro atoms. The Morgan fingerprint density at radius 2 is 1.83 bits per heavy atom.